The molecule has 0 spiro atoms. The van der Waals surface area contributed by atoms with Crippen LogP contribution in [0.5, 0.6) is 0 Å². The van der Waals surface area contributed by atoms with Crippen LogP contribution in [0, 0.1) is 0 Å². The highest BCUT2D eigenvalue weighted by atomic mass is 35.5. The van der Waals surface area contributed by atoms with E-state index in [4.69, 9.17) is 5.73 Å². The molecule has 1 aromatic rings. The number of β-lactam (4-membered cyclic amide) rings is 1. The molecule has 0 aromatic heterocycles. The van der Waals surface area contributed by atoms with E-state index >= 15 is 0 Å². The molecule has 136 valence electrons. The molecule has 0 bridgehead atoms. The summed E-state index contributed by atoms with van der Waals surface area (Å²) in [5, 5.41) is 11.7. The maximum Gasteiger partial charge on any atom is 0.327 e. The van der Waals surface area contributed by atoms with Gasteiger partial charge in [0.2, 0.25) is 11.8 Å². The van der Waals surface area contributed by atoms with Gasteiger partial charge in [0, 0.05) is 4.75 Å². The van der Waals surface area contributed by atoms with Crippen LogP contribution < -0.4 is 11.1 Å². The monoisotopic (exact) mass is 385 g/mol. The van der Waals surface area contributed by atoms with Crippen LogP contribution in [0.1, 0.15) is 25.5 Å². The van der Waals surface area contributed by atoms with Crippen LogP contribution in [0.4, 0.5) is 0 Å². The van der Waals surface area contributed by atoms with Crippen LogP contribution >= 0.6 is 24.2 Å². The second-order valence-electron chi connectivity index (χ2n) is 6.47. The summed E-state index contributed by atoms with van der Waals surface area (Å²) >= 11 is 1.38. The number of aliphatic carboxylic acids is 1. The van der Waals surface area contributed by atoms with Crippen LogP contribution in [-0.2, 0) is 14.4 Å². The third-order valence-corrected chi connectivity index (χ3v) is 5.99. The summed E-state index contributed by atoms with van der Waals surface area (Å²) in [6.45, 7) is 3.58. The van der Waals surface area contributed by atoms with Crippen molar-refractivity contribution in [2.75, 3.05) is 0 Å². The van der Waals surface area contributed by atoms with Crippen molar-refractivity contribution in [2.24, 2.45) is 5.73 Å². The number of hydrogen-bond donors (Lipinski definition) is 3. The number of nitrogens with zero attached hydrogens (tertiary/aromatic N) is 1. The number of carbonyl (C=O) groups excluding carboxylic acids is 2. The van der Waals surface area contributed by atoms with Gasteiger partial charge in [-0.05, 0) is 19.4 Å². The second-order valence-corrected chi connectivity index (χ2v) is 8.24. The number of nitrogens with one attached hydrogen (secondary N) is 1. The number of carboxylic acids is 1. The first kappa shape index (κ1) is 19.6. The third-order valence-electron chi connectivity index (χ3n) is 4.41. The van der Waals surface area contributed by atoms with Gasteiger partial charge in [-0.1, -0.05) is 30.3 Å². The molecule has 3 rings (SSSR count). The molecular formula is C16H20ClN3O4S. The van der Waals surface area contributed by atoms with E-state index in [0.29, 0.717) is 5.56 Å². The Morgan fingerprint density at radius 1 is 1.32 bits per heavy atom. The zero-order valence-corrected chi connectivity index (χ0v) is 15.3. The van der Waals surface area contributed by atoms with Gasteiger partial charge in [0.05, 0.1) is 0 Å². The Hall–Kier alpha value is -1.77. The Morgan fingerprint density at radius 2 is 1.92 bits per heavy atom. The Kier molecular flexibility index (Phi) is 5.36. The first-order valence-electron chi connectivity index (χ1n) is 7.58. The largest absolute Gasteiger partial charge is 0.480 e. The lowest BCUT2D eigenvalue weighted by atomic mass is 9.95. The Morgan fingerprint density at radius 3 is 2.48 bits per heavy atom. The fourth-order valence-corrected chi connectivity index (χ4v) is 4.83. The molecule has 4 N–H and O–H groups in total. The average Bonchev–Trinajstić information content (AvgIpc) is 2.80. The minimum absolute atomic E-state index is 0. The highest BCUT2D eigenvalue weighted by Crippen LogP contribution is 2.50. The lowest BCUT2D eigenvalue weighted by Crippen LogP contribution is -2.71. The summed E-state index contributed by atoms with van der Waals surface area (Å²) < 4.78 is -0.618. The average molecular weight is 386 g/mol. The van der Waals surface area contributed by atoms with Crippen molar-refractivity contribution in [2.45, 2.75) is 42.1 Å². The van der Waals surface area contributed by atoms with Gasteiger partial charge < -0.3 is 21.1 Å². The molecule has 2 aliphatic heterocycles. The van der Waals surface area contributed by atoms with E-state index in [0.717, 1.165) is 0 Å². The Balaban J connectivity index is 0.00000225. The number of fused-ring (bicyclic) bond motifs is 1. The van der Waals surface area contributed by atoms with Gasteiger partial charge >= 0.3 is 5.97 Å². The fraction of sp³-hybridized carbons (Fsp3) is 0.438. The molecule has 9 heteroatoms. The zero-order chi connectivity index (χ0) is 17.6. The maximum atomic E-state index is 12.3. The third kappa shape index (κ3) is 3.21. The van der Waals surface area contributed by atoms with Crippen LogP contribution in [0.25, 0.3) is 0 Å². The minimum Gasteiger partial charge on any atom is -0.480 e. The minimum atomic E-state index is -1.03. The van der Waals surface area contributed by atoms with E-state index in [1.165, 1.54) is 16.7 Å². The topological polar surface area (TPSA) is 113 Å². The number of nitrogens with two attached hydrogens (primary N) is 1. The van der Waals surface area contributed by atoms with Crippen molar-refractivity contribution in [1.29, 1.82) is 0 Å². The van der Waals surface area contributed by atoms with Crippen LogP contribution in [0.15, 0.2) is 30.3 Å². The van der Waals surface area contributed by atoms with Gasteiger partial charge in [-0.25, -0.2) is 4.79 Å². The molecule has 0 aliphatic carbocycles. The Bertz CT molecular complexity index is 700. The van der Waals surface area contributed by atoms with Gasteiger partial charge in [0.1, 0.15) is 23.5 Å². The highest BCUT2D eigenvalue weighted by molar-refractivity contribution is 8.01. The normalized spacial score (nSPS) is 27.6. The zero-order valence-electron chi connectivity index (χ0n) is 13.7. The second kappa shape index (κ2) is 6.86. The molecule has 2 aliphatic rings. The number of hydrogen-bond acceptors (Lipinski definition) is 5. The molecule has 4 atom stereocenters. The predicted molar refractivity (Wildman–Crippen MR) is 96.3 cm³/mol. The molecule has 2 saturated heterocycles. The summed E-state index contributed by atoms with van der Waals surface area (Å²) in [4.78, 5) is 37.5. The molecule has 1 aromatic carbocycles. The van der Waals surface area contributed by atoms with E-state index in [9.17, 15) is 19.5 Å². The predicted octanol–water partition coefficient (Wildman–Crippen LogP) is 0.740. The standard InChI is InChI=1S/C16H19N3O4S.ClH/c1-16(2)11(15(22)23)19-13(21)10(14(19)24-16)18-12(20)9(17)8-6-4-3-5-7-8;/h3-7,9-11,14H,17H2,1-2H3,(H,18,20)(H,22,23);1H/t9-,10-,11+,14-;/m1./s1. The van der Waals surface area contributed by atoms with E-state index in [1.54, 1.807) is 38.1 Å². The molecule has 2 heterocycles. The number of rotatable bonds is 4. The SMILES string of the molecule is CC1(C)S[C@@H]2[C@H](NC(=O)[C@H](N)c3ccccc3)C(=O)N2[C@H]1C(=O)O.Cl. The van der Waals surface area contributed by atoms with Crippen molar-refractivity contribution in [3.63, 3.8) is 0 Å². The van der Waals surface area contributed by atoms with Crippen molar-refractivity contribution in [3.8, 4) is 0 Å². The summed E-state index contributed by atoms with van der Waals surface area (Å²) in [6.07, 6.45) is 0. The first-order valence-corrected chi connectivity index (χ1v) is 8.45. The van der Waals surface area contributed by atoms with Crippen LogP contribution in [0.2, 0.25) is 0 Å². The van der Waals surface area contributed by atoms with Crippen molar-refractivity contribution >= 4 is 42.0 Å². The lowest BCUT2D eigenvalue weighted by molar-refractivity contribution is -0.161. The van der Waals surface area contributed by atoms with Crippen molar-refractivity contribution < 1.29 is 19.5 Å². The van der Waals surface area contributed by atoms with Crippen LogP contribution in [-0.4, -0.2) is 50.0 Å². The quantitative estimate of drug-likeness (QED) is 0.659. The molecule has 2 amide bonds. The Labute approximate surface area is 155 Å². The molecule has 2 fully saturated rings. The van der Waals surface area contributed by atoms with E-state index in [1.807, 2.05) is 6.07 Å². The van der Waals surface area contributed by atoms with Gasteiger partial charge in [-0.3, -0.25) is 9.59 Å². The van der Waals surface area contributed by atoms with E-state index in [-0.39, 0.29) is 23.7 Å². The van der Waals surface area contributed by atoms with Gasteiger partial charge in [0.25, 0.3) is 0 Å². The highest BCUT2D eigenvalue weighted by Gasteiger charge is 2.64. The molecule has 25 heavy (non-hydrogen) atoms. The fourth-order valence-electron chi connectivity index (χ4n) is 3.20. The molecule has 0 radical (unpaired) electrons. The summed E-state index contributed by atoms with van der Waals surface area (Å²) in [5.74, 6) is -1.86. The summed E-state index contributed by atoms with van der Waals surface area (Å²) in [7, 11) is 0. The smallest absolute Gasteiger partial charge is 0.327 e. The number of benzene rings is 1. The number of thioether (sulfide) groups is 1. The van der Waals surface area contributed by atoms with Crippen LogP contribution in [0.3, 0.4) is 0 Å². The number of carbonyl (C=O) groups is 3. The van der Waals surface area contributed by atoms with E-state index in [2.05, 4.69) is 5.32 Å². The van der Waals surface area contributed by atoms with Gasteiger partial charge in [0.15, 0.2) is 0 Å². The number of carboxylic acid groups (broad SMARTS) is 1. The summed E-state index contributed by atoms with van der Waals surface area (Å²) in [5.41, 5.74) is 6.59. The maximum absolute atomic E-state index is 12.3. The number of amides is 2. The first-order chi connectivity index (χ1) is 11.2. The van der Waals surface area contributed by atoms with Crippen molar-refractivity contribution in [1.82, 2.24) is 10.2 Å². The summed E-state index contributed by atoms with van der Waals surface area (Å²) in [6, 6.07) is 6.38. The lowest BCUT2D eigenvalue weighted by Gasteiger charge is -2.43. The molecule has 7 nitrogen and oxygen atoms in total. The van der Waals surface area contributed by atoms with Gasteiger partial charge in [-0.2, -0.15) is 0 Å². The van der Waals surface area contributed by atoms with Crippen molar-refractivity contribution in [3.05, 3.63) is 35.9 Å². The number of halogens is 1. The molecular weight excluding hydrogens is 366 g/mol. The van der Waals surface area contributed by atoms with E-state index < -0.39 is 34.7 Å². The molecule has 0 saturated carbocycles. The van der Waals surface area contributed by atoms with Gasteiger partial charge in [-0.15, -0.1) is 24.2 Å². The molecule has 0 unspecified atom stereocenters.